The summed E-state index contributed by atoms with van der Waals surface area (Å²) in [5.74, 6) is -0.259. The normalized spacial score (nSPS) is 23.3. The molecule has 2 fully saturated rings. The Hall–Kier alpha value is -3.87. The molecule has 0 radical (unpaired) electrons. The maximum Gasteiger partial charge on any atom is 0.220 e. The van der Waals surface area contributed by atoms with Crippen LogP contribution < -0.4 is 5.32 Å². The number of ether oxygens (including phenoxy) is 4. The number of nitrogens with one attached hydrogen (secondary N) is 1. The number of hydrogen-bond donors (Lipinski definition) is 9. The average molecular weight is 1320 g/mol. The van der Waals surface area contributed by atoms with Crippen LogP contribution in [0.2, 0.25) is 0 Å². The van der Waals surface area contributed by atoms with Gasteiger partial charge >= 0.3 is 0 Å². The van der Waals surface area contributed by atoms with Crippen LogP contribution in [0.15, 0.2) is 134 Å². The van der Waals surface area contributed by atoms with Crippen molar-refractivity contribution in [2.24, 2.45) is 0 Å². The molecule has 0 aromatic carbocycles. The SMILES string of the molecule is CC/C=C\C/C=C\C/C=C\C/C=C\C/C=C\C/C=C\C/C=C\C/C=C\CCCCCCCCCCCCCCC(=O)NC(COC1OC(CO)C(OC2OC(CO)C(O)C(O)C2O)C(O)C1O)C(O)/C=C/CC/C=C/CC/C=C/CCCCCCCCCCCCCCC. The Morgan fingerprint density at radius 1 is 0.394 bits per heavy atom. The molecule has 0 aliphatic carbocycles. The highest BCUT2D eigenvalue weighted by Crippen LogP contribution is 2.30. The Morgan fingerprint density at radius 2 is 0.745 bits per heavy atom. The summed E-state index contributed by atoms with van der Waals surface area (Å²) in [5, 5.41) is 87.5. The second-order valence-electron chi connectivity index (χ2n) is 25.7. The molecule has 0 spiro atoms. The molecule has 12 unspecified atom stereocenters. The van der Waals surface area contributed by atoms with Crippen molar-refractivity contribution in [3.63, 3.8) is 0 Å². The average Bonchev–Trinajstić information content (AvgIpc) is 0.794. The second-order valence-corrected chi connectivity index (χ2v) is 25.7. The maximum absolute atomic E-state index is 13.4. The van der Waals surface area contributed by atoms with Gasteiger partial charge in [-0.05, 0) is 109 Å². The van der Waals surface area contributed by atoms with Crippen LogP contribution in [0.3, 0.4) is 0 Å². The Morgan fingerprint density at radius 3 is 1.17 bits per heavy atom. The molecular weight excluding hydrogens is 1180 g/mol. The molecule has 14 nitrogen and oxygen atoms in total. The van der Waals surface area contributed by atoms with Crippen molar-refractivity contribution < 1.29 is 64.6 Å². The van der Waals surface area contributed by atoms with Crippen molar-refractivity contribution in [1.29, 1.82) is 0 Å². The van der Waals surface area contributed by atoms with E-state index in [-0.39, 0.29) is 18.9 Å². The molecule has 2 aliphatic heterocycles. The lowest BCUT2D eigenvalue weighted by atomic mass is 9.97. The summed E-state index contributed by atoms with van der Waals surface area (Å²) in [7, 11) is 0. The van der Waals surface area contributed by atoms with Gasteiger partial charge in [0.15, 0.2) is 12.6 Å². The monoisotopic (exact) mass is 1320 g/mol. The molecule has 9 N–H and O–H groups in total. The number of unbranched alkanes of at least 4 members (excludes halogenated alkanes) is 27. The van der Waals surface area contributed by atoms with Crippen molar-refractivity contribution in [3.8, 4) is 0 Å². The van der Waals surface area contributed by atoms with Gasteiger partial charge in [0.25, 0.3) is 0 Å². The van der Waals surface area contributed by atoms with Gasteiger partial charge in [0.1, 0.15) is 48.8 Å². The minimum absolute atomic E-state index is 0.259. The van der Waals surface area contributed by atoms with Crippen LogP contribution in [0.4, 0.5) is 0 Å². The highest BCUT2D eigenvalue weighted by molar-refractivity contribution is 5.76. The van der Waals surface area contributed by atoms with Crippen LogP contribution in [0.5, 0.6) is 0 Å². The minimum atomic E-state index is -1.80. The van der Waals surface area contributed by atoms with Gasteiger partial charge in [0, 0.05) is 6.42 Å². The molecule has 2 heterocycles. The topological polar surface area (TPSA) is 228 Å². The molecule has 538 valence electrons. The number of aliphatic hydroxyl groups is 8. The highest BCUT2D eigenvalue weighted by Gasteiger charge is 2.51. The summed E-state index contributed by atoms with van der Waals surface area (Å²) in [5.41, 5.74) is 0. The summed E-state index contributed by atoms with van der Waals surface area (Å²) in [4.78, 5) is 13.4. The number of amides is 1. The van der Waals surface area contributed by atoms with Crippen LogP contribution in [-0.2, 0) is 23.7 Å². The number of carbonyl (C=O) groups is 1. The van der Waals surface area contributed by atoms with E-state index < -0.39 is 86.8 Å². The summed E-state index contributed by atoms with van der Waals surface area (Å²) < 4.78 is 22.8. The first-order chi connectivity index (χ1) is 46.1. The zero-order chi connectivity index (χ0) is 68.0. The van der Waals surface area contributed by atoms with Gasteiger partial charge in [-0.25, -0.2) is 0 Å². The van der Waals surface area contributed by atoms with Gasteiger partial charge in [0.05, 0.1) is 32.0 Å². The van der Waals surface area contributed by atoms with Gasteiger partial charge in [-0.1, -0.05) is 289 Å². The number of hydrogen-bond acceptors (Lipinski definition) is 13. The summed E-state index contributed by atoms with van der Waals surface area (Å²) >= 11 is 0. The standard InChI is InChI=1S/C80H135NO13/c1-3-5-7-9-11-13-15-17-19-21-23-25-27-28-29-30-31-32-33-34-35-36-37-38-39-40-42-44-46-48-50-52-54-56-58-60-62-64-72(85)81-68(67-91-79-77(90)75(88)78(71(66-83)93-79)94-80-76(89)74(87)73(86)70(65-82)92-80)69(84)63-61-59-57-55-53-51-49-47-45-43-41-26-24-22-20-18-16-14-12-10-8-6-4-2/h5,7,11,13,17,19,23,25,28-29,31-32,34-35,37-38,45,47,53,55,61,63,68-71,73-80,82-84,86-90H,3-4,6,8-10,12,14-16,18,20-22,24,26-27,30,33,36,39-44,46,48-52,54,56-60,62,64-67H2,1-2H3,(H,81,85)/b7-5-,13-11-,19-17-,25-23-,29-28-,32-31-,35-34-,38-37-,47-45+,55-53+,63-61+. The fraction of sp³-hybridized carbons (Fsp3) is 0.713. The second kappa shape index (κ2) is 62.6. The number of rotatable bonds is 60. The third kappa shape index (κ3) is 45.6. The lowest BCUT2D eigenvalue weighted by molar-refractivity contribution is -0.359. The third-order valence-corrected chi connectivity index (χ3v) is 17.3. The Balaban J connectivity index is 1.66. The molecule has 0 aromatic heterocycles. The van der Waals surface area contributed by atoms with Gasteiger partial charge in [-0.15, -0.1) is 0 Å². The fourth-order valence-electron chi connectivity index (χ4n) is 11.4. The van der Waals surface area contributed by atoms with Crippen molar-refractivity contribution in [3.05, 3.63) is 134 Å². The number of aliphatic hydroxyl groups excluding tert-OH is 8. The number of carbonyl (C=O) groups excluding carboxylic acids is 1. The van der Waals surface area contributed by atoms with Crippen molar-refractivity contribution in [1.82, 2.24) is 5.32 Å². The molecule has 2 rings (SSSR count). The largest absolute Gasteiger partial charge is 0.394 e. The fourth-order valence-corrected chi connectivity index (χ4v) is 11.4. The zero-order valence-electron chi connectivity index (χ0n) is 58.7. The van der Waals surface area contributed by atoms with Gasteiger partial charge in [0.2, 0.25) is 5.91 Å². The summed E-state index contributed by atoms with van der Waals surface area (Å²) in [6.07, 6.45) is 76.5. The molecular formula is C80H135NO13. The molecule has 0 bridgehead atoms. The van der Waals surface area contributed by atoms with Gasteiger partial charge in [-0.2, -0.15) is 0 Å². The highest BCUT2D eigenvalue weighted by atomic mass is 16.7. The predicted molar refractivity (Wildman–Crippen MR) is 387 cm³/mol. The van der Waals surface area contributed by atoms with Crippen LogP contribution in [0.25, 0.3) is 0 Å². The molecule has 14 heteroatoms. The van der Waals surface area contributed by atoms with E-state index in [1.165, 1.54) is 135 Å². The minimum Gasteiger partial charge on any atom is -0.394 e. The zero-order valence-corrected chi connectivity index (χ0v) is 58.7. The van der Waals surface area contributed by atoms with Gasteiger partial charge < -0.3 is 65.1 Å². The summed E-state index contributed by atoms with van der Waals surface area (Å²) in [6, 6.07) is -0.949. The molecule has 1 amide bonds. The molecule has 94 heavy (non-hydrogen) atoms. The van der Waals surface area contributed by atoms with E-state index in [1.807, 2.05) is 6.08 Å². The maximum atomic E-state index is 13.4. The van der Waals surface area contributed by atoms with E-state index in [0.29, 0.717) is 12.8 Å². The summed E-state index contributed by atoms with van der Waals surface area (Å²) in [6.45, 7) is 2.67. The van der Waals surface area contributed by atoms with E-state index in [0.717, 1.165) is 103 Å². The Labute approximate surface area is 570 Å². The Kier molecular flexibility index (Phi) is 57.4. The van der Waals surface area contributed by atoms with Crippen LogP contribution in [0, 0.1) is 0 Å². The van der Waals surface area contributed by atoms with E-state index in [9.17, 15) is 45.6 Å². The van der Waals surface area contributed by atoms with Crippen LogP contribution >= 0.6 is 0 Å². The molecule has 0 saturated carbocycles. The van der Waals surface area contributed by atoms with E-state index in [2.05, 4.69) is 141 Å². The predicted octanol–water partition coefficient (Wildman–Crippen LogP) is 16.2. The third-order valence-electron chi connectivity index (χ3n) is 17.3. The molecule has 12 atom stereocenters. The van der Waals surface area contributed by atoms with Crippen molar-refractivity contribution >= 4 is 5.91 Å². The molecule has 2 saturated heterocycles. The van der Waals surface area contributed by atoms with Gasteiger partial charge in [-0.3, -0.25) is 4.79 Å². The lowest BCUT2D eigenvalue weighted by Crippen LogP contribution is -2.65. The first kappa shape index (κ1) is 86.2. The van der Waals surface area contributed by atoms with E-state index >= 15 is 0 Å². The first-order valence-electron chi connectivity index (χ1n) is 37.4. The number of allylic oxidation sites excluding steroid dienone is 21. The molecule has 0 aromatic rings. The quantitative estimate of drug-likeness (QED) is 0.0204. The van der Waals surface area contributed by atoms with E-state index in [1.54, 1.807) is 6.08 Å². The van der Waals surface area contributed by atoms with Crippen LogP contribution in [-0.4, -0.2) is 140 Å². The van der Waals surface area contributed by atoms with Crippen molar-refractivity contribution in [2.75, 3.05) is 19.8 Å². The molecule has 2 aliphatic rings. The van der Waals surface area contributed by atoms with E-state index in [4.69, 9.17) is 18.9 Å². The Bertz CT molecular complexity index is 2090. The van der Waals surface area contributed by atoms with Crippen LogP contribution in [0.1, 0.15) is 271 Å². The lowest BCUT2D eigenvalue weighted by Gasteiger charge is -2.46. The first-order valence-corrected chi connectivity index (χ1v) is 37.4. The smallest absolute Gasteiger partial charge is 0.220 e. The van der Waals surface area contributed by atoms with Crippen molar-refractivity contribution in [2.45, 2.75) is 344 Å².